The van der Waals surface area contributed by atoms with Crippen molar-refractivity contribution < 1.29 is 18.8 Å². The molecule has 6 aromatic rings. The molecular formula is C40H41FN10O4. The minimum Gasteiger partial charge on any atom is -0.405 e. The van der Waals surface area contributed by atoms with E-state index >= 15 is 0 Å². The molecule has 1 unspecified atom stereocenters. The molecule has 1 saturated carbocycles. The lowest BCUT2D eigenvalue weighted by Crippen LogP contribution is -2.53. The molecule has 0 radical (unpaired) electrons. The number of fused-ring (bicyclic) bond motifs is 2. The molecule has 3 aromatic heterocycles. The average molecular weight is 745 g/mol. The summed E-state index contributed by atoms with van der Waals surface area (Å²) in [6, 6.07) is 18.3. The number of nitrogens with one attached hydrogen (secondary N) is 2. The lowest BCUT2D eigenvalue weighted by molar-refractivity contribution is -0.112. The molecule has 6 N–H and O–H groups in total. The third-order valence-corrected chi connectivity index (χ3v) is 10.7. The molecule has 1 aliphatic heterocycles. The second-order valence-corrected chi connectivity index (χ2v) is 14.1. The van der Waals surface area contributed by atoms with E-state index in [9.17, 15) is 18.8 Å². The zero-order valence-corrected chi connectivity index (χ0v) is 30.6. The summed E-state index contributed by atoms with van der Waals surface area (Å²) in [5.41, 5.74) is 19.6. The fraction of sp³-hybridized carbons (Fsp3) is 0.250. The summed E-state index contributed by atoms with van der Waals surface area (Å²) in [6.07, 6.45) is 8.19. The molecule has 0 spiro atoms. The number of hydrogen-bond donors (Lipinski definition) is 4. The van der Waals surface area contributed by atoms with Gasteiger partial charge in [0.1, 0.15) is 23.5 Å². The number of nitrogen functional groups attached to an aromatic ring is 1. The number of amides is 2. The Hall–Kier alpha value is -6.45. The number of anilines is 1. The molecule has 0 saturated heterocycles. The van der Waals surface area contributed by atoms with Crippen molar-refractivity contribution in [3.8, 4) is 17.2 Å². The Labute approximate surface area is 315 Å². The predicted octanol–water partition coefficient (Wildman–Crippen LogP) is 3.95. The number of nitrogens with two attached hydrogens (primary N) is 2. The summed E-state index contributed by atoms with van der Waals surface area (Å²) in [4.78, 5) is 47.9. The quantitative estimate of drug-likeness (QED) is 0.0669. The molecule has 1 fully saturated rings. The van der Waals surface area contributed by atoms with Gasteiger partial charge >= 0.3 is 5.69 Å². The Morgan fingerprint density at radius 3 is 2.49 bits per heavy atom. The number of para-hydroxylation sites is 1. The minimum absolute atomic E-state index is 0.147. The van der Waals surface area contributed by atoms with Gasteiger partial charge in [0.15, 0.2) is 0 Å². The van der Waals surface area contributed by atoms with Gasteiger partial charge in [0, 0.05) is 53.1 Å². The fourth-order valence-corrected chi connectivity index (χ4v) is 7.91. The molecule has 1 aliphatic carbocycles. The number of aromatic nitrogens is 5. The highest BCUT2D eigenvalue weighted by Crippen LogP contribution is 2.49. The number of nitrogens with zero attached hydrogens (tertiary/aromatic N) is 6. The largest absolute Gasteiger partial charge is 0.405 e. The van der Waals surface area contributed by atoms with Crippen LogP contribution in [0.1, 0.15) is 51.3 Å². The molecule has 8 rings (SSSR count). The van der Waals surface area contributed by atoms with Gasteiger partial charge in [-0.1, -0.05) is 18.2 Å². The van der Waals surface area contributed by atoms with Crippen LogP contribution in [0.4, 0.5) is 10.1 Å². The van der Waals surface area contributed by atoms with Crippen molar-refractivity contribution in [1.82, 2.24) is 39.2 Å². The van der Waals surface area contributed by atoms with Crippen molar-refractivity contribution in [1.29, 1.82) is 0 Å². The number of hydroxylamine groups is 1. The maximum Gasteiger partial charge on any atom is 0.338 e. The molecule has 2 amide bonds. The van der Waals surface area contributed by atoms with Gasteiger partial charge in [-0.15, -0.1) is 0 Å². The predicted molar refractivity (Wildman–Crippen MR) is 206 cm³/mol. The molecule has 55 heavy (non-hydrogen) atoms. The Morgan fingerprint density at radius 2 is 1.78 bits per heavy atom. The molecule has 1 atom stereocenters. The molecule has 4 heterocycles. The number of halogens is 1. The Bertz CT molecular complexity index is 2550. The summed E-state index contributed by atoms with van der Waals surface area (Å²) in [5.74, 6) is -0.0872. The monoisotopic (exact) mass is 744 g/mol. The van der Waals surface area contributed by atoms with E-state index < -0.39 is 11.7 Å². The lowest BCUT2D eigenvalue weighted by Gasteiger charge is -2.32. The van der Waals surface area contributed by atoms with Crippen LogP contribution < -0.4 is 28.0 Å². The van der Waals surface area contributed by atoms with Crippen LogP contribution in [0.2, 0.25) is 0 Å². The van der Waals surface area contributed by atoms with Gasteiger partial charge in [-0.2, -0.15) is 10.6 Å². The summed E-state index contributed by atoms with van der Waals surface area (Å²) in [5, 5.41) is 8.71. The first kappa shape index (κ1) is 35.6. The van der Waals surface area contributed by atoms with E-state index in [1.54, 1.807) is 72.2 Å². The summed E-state index contributed by atoms with van der Waals surface area (Å²) in [6.45, 7) is 3.89. The number of benzene rings is 3. The van der Waals surface area contributed by atoms with Crippen LogP contribution in [-0.4, -0.2) is 60.5 Å². The van der Waals surface area contributed by atoms with E-state index in [0.717, 1.165) is 16.6 Å². The number of aryl methyl sites for hydroxylation is 2. The lowest BCUT2D eigenvalue weighted by atomic mass is 10.1. The maximum atomic E-state index is 14.9. The highest BCUT2D eigenvalue weighted by molar-refractivity contribution is 5.99. The Morgan fingerprint density at radius 1 is 1.04 bits per heavy atom. The summed E-state index contributed by atoms with van der Waals surface area (Å²) in [7, 11) is 1.48. The molecule has 15 heteroatoms. The summed E-state index contributed by atoms with van der Waals surface area (Å²) >= 11 is 0. The number of imidazole rings is 1. The van der Waals surface area contributed by atoms with E-state index in [4.69, 9.17) is 21.4 Å². The van der Waals surface area contributed by atoms with E-state index in [0.29, 0.717) is 83.0 Å². The van der Waals surface area contributed by atoms with Crippen LogP contribution in [0.3, 0.4) is 0 Å². The molecule has 282 valence electrons. The Kier molecular flexibility index (Phi) is 8.90. The van der Waals surface area contributed by atoms with E-state index in [1.165, 1.54) is 22.4 Å². The second kappa shape index (κ2) is 13.8. The molecule has 3 aromatic carbocycles. The van der Waals surface area contributed by atoms with Crippen molar-refractivity contribution in [2.75, 3.05) is 19.4 Å². The van der Waals surface area contributed by atoms with E-state index in [-0.39, 0.29) is 24.0 Å². The second-order valence-electron chi connectivity index (χ2n) is 14.1. The first-order valence-electron chi connectivity index (χ1n) is 17.9. The highest BCUT2D eigenvalue weighted by Gasteiger charge is 2.54. The van der Waals surface area contributed by atoms with E-state index in [1.807, 2.05) is 34.9 Å². The van der Waals surface area contributed by atoms with Gasteiger partial charge in [0.2, 0.25) is 6.41 Å². The van der Waals surface area contributed by atoms with Crippen LogP contribution in [0.25, 0.3) is 34.2 Å². The number of carbonyl (C=O) groups is 2. The van der Waals surface area contributed by atoms with Crippen molar-refractivity contribution in [2.24, 2.45) is 5.73 Å². The molecule has 14 nitrogen and oxygen atoms in total. The number of hydrogen-bond acceptors (Lipinski definition) is 8. The van der Waals surface area contributed by atoms with Crippen molar-refractivity contribution in [3.05, 3.63) is 129 Å². The zero-order chi connectivity index (χ0) is 38.6. The van der Waals surface area contributed by atoms with Crippen molar-refractivity contribution in [2.45, 2.75) is 51.4 Å². The van der Waals surface area contributed by atoms with E-state index in [2.05, 4.69) is 10.8 Å². The van der Waals surface area contributed by atoms with Crippen LogP contribution in [-0.2, 0) is 28.1 Å². The van der Waals surface area contributed by atoms with Crippen LogP contribution >= 0.6 is 0 Å². The number of carbonyl (C=O) groups excluding carboxylic acids is 2. The first-order valence-corrected chi connectivity index (χ1v) is 17.9. The first-order chi connectivity index (χ1) is 26.6. The maximum absolute atomic E-state index is 14.9. The molecule has 2 aliphatic rings. The SMILES string of the molecule is CONC(NC=O)C1(n2c(C(=O)N3CCc4nn(-c5cc(C)c(F)c(C)c5)c(-n5ccn(-c6ccc(N)c(/C=C\N)c6)c5=O)c4C3)cc3ccccc32)CC1. The molecular weight excluding hydrogens is 704 g/mol. The van der Waals surface area contributed by atoms with Gasteiger partial charge in [0.05, 0.1) is 36.3 Å². The van der Waals surface area contributed by atoms with Gasteiger partial charge in [-0.3, -0.25) is 18.7 Å². The number of rotatable bonds is 11. The molecule has 0 bridgehead atoms. The third kappa shape index (κ3) is 5.88. The summed E-state index contributed by atoms with van der Waals surface area (Å²) < 4.78 is 21.6. The Balaban J connectivity index is 1.25. The van der Waals surface area contributed by atoms with Gasteiger partial charge in [-0.05, 0) is 92.6 Å². The van der Waals surface area contributed by atoms with Crippen LogP contribution in [0, 0.1) is 19.7 Å². The minimum atomic E-state index is -0.654. The van der Waals surface area contributed by atoms with Crippen LogP contribution in [0.5, 0.6) is 0 Å². The van der Waals surface area contributed by atoms with Gasteiger partial charge in [-0.25, -0.2) is 13.9 Å². The van der Waals surface area contributed by atoms with Crippen LogP contribution in [0.15, 0.2) is 84.1 Å². The van der Waals surface area contributed by atoms with Gasteiger partial charge < -0.3 is 31.1 Å². The van der Waals surface area contributed by atoms with Crippen molar-refractivity contribution in [3.63, 3.8) is 0 Å². The standard InChI is InChI=1S/C40H41FN10O4/c1-24-18-29(19-25(2)35(24)41)51-36(49-17-16-48(39(49)54)28-8-9-31(43)26(20-28)10-14-42)30-22-47(15-11-32(30)45-51)37(53)34-21-27-6-4-5-7-33(27)50(34)40(12-13-40)38(44-23-52)46-55-3/h4-10,14,16-21,23,38,46H,11-13,15,22,42-43H2,1-3H3,(H,44,52)/b14-10-. The normalized spacial score (nSPS) is 15.4. The topological polar surface area (TPSA) is 172 Å². The highest BCUT2D eigenvalue weighted by atomic mass is 19.1. The average Bonchev–Trinajstić information content (AvgIpc) is 3.54. The van der Waals surface area contributed by atoms with Gasteiger partial charge in [0.25, 0.3) is 5.91 Å². The third-order valence-electron chi connectivity index (χ3n) is 10.7. The fourth-order valence-electron chi connectivity index (χ4n) is 7.91. The zero-order valence-electron chi connectivity index (χ0n) is 30.6. The van der Waals surface area contributed by atoms with Crippen molar-refractivity contribution >= 4 is 35.0 Å². The smallest absolute Gasteiger partial charge is 0.338 e.